The van der Waals surface area contributed by atoms with E-state index in [1.807, 2.05) is 6.92 Å². The molecule has 1 rings (SSSR count). The minimum atomic E-state index is -3.26. The van der Waals surface area contributed by atoms with E-state index in [0.717, 1.165) is 11.8 Å². The van der Waals surface area contributed by atoms with Gasteiger partial charge in [0.15, 0.2) is 9.84 Å². The summed E-state index contributed by atoms with van der Waals surface area (Å²) in [5, 5.41) is 2.93. The number of aryl methyl sites for hydroxylation is 1. The summed E-state index contributed by atoms with van der Waals surface area (Å²) in [6.07, 6.45) is 1.14. The van der Waals surface area contributed by atoms with E-state index in [1.54, 1.807) is 19.1 Å². The van der Waals surface area contributed by atoms with Gasteiger partial charge in [0.1, 0.15) is 6.04 Å². The minimum absolute atomic E-state index is 0.215. The van der Waals surface area contributed by atoms with Crippen LogP contribution in [0.1, 0.15) is 12.5 Å². The van der Waals surface area contributed by atoms with Crippen molar-refractivity contribution in [1.29, 1.82) is 0 Å². The molecule has 1 aromatic rings. The first-order valence-electron chi connectivity index (χ1n) is 5.40. The topological polar surface area (TPSA) is 72.5 Å². The van der Waals surface area contributed by atoms with Gasteiger partial charge in [-0.2, -0.15) is 0 Å². The molecule has 18 heavy (non-hydrogen) atoms. The van der Waals surface area contributed by atoms with Gasteiger partial charge in [-0.3, -0.25) is 0 Å². The van der Waals surface area contributed by atoms with Crippen LogP contribution in [0.25, 0.3) is 0 Å². The number of anilines is 1. The minimum Gasteiger partial charge on any atom is -0.467 e. The van der Waals surface area contributed by atoms with E-state index in [9.17, 15) is 13.2 Å². The van der Waals surface area contributed by atoms with E-state index in [-0.39, 0.29) is 4.90 Å². The molecule has 0 bridgehead atoms. The van der Waals surface area contributed by atoms with Crippen LogP contribution in [0.2, 0.25) is 0 Å². The lowest BCUT2D eigenvalue weighted by Crippen LogP contribution is -2.27. The van der Waals surface area contributed by atoms with Crippen LogP contribution in [-0.4, -0.2) is 33.8 Å². The van der Waals surface area contributed by atoms with Crippen molar-refractivity contribution < 1.29 is 17.9 Å². The third-order valence-corrected chi connectivity index (χ3v) is 3.67. The van der Waals surface area contributed by atoms with E-state index in [4.69, 9.17) is 0 Å². The van der Waals surface area contributed by atoms with E-state index in [1.165, 1.54) is 13.2 Å². The second kappa shape index (κ2) is 5.39. The average Bonchev–Trinajstić information content (AvgIpc) is 2.29. The van der Waals surface area contributed by atoms with Crippen molar-refractivity contribution in [3.8, 4) is 0 Å². The fourth-order valence-electron chi connectivity index (χ4n) is 1.46. The van der Waals surface area contributed by atoms with Crippen LogP contribution in [0.4, 0.5) is 5.69 Å². The smallest absolute Gasteiger partial charge is 0.327 e. The van der Waals surface area contributed by atoms with Gasteiger partial charge in [0.2, 0.25) is 0 Å². The lowest BCUT2D eigenvalue weighted by Gasteiger charge is -2.15. The number of hydrogen-bond acceptors (Lipinski definition) is 5. The molecule has 100 valence electrons. The summed E-state index contributed by atoms with van der Waals surface area (Å²) in [6, 6.07) is 4.22. The molecule has 0 aromatic heterocycles. The normalized spacial score (nSPS) is 12.9. The van der Waals surface area contributed by atoms with Crippen molar-refractivity contribution in [2.75, 3.05) is 18.7 Å². The van der Waals surface area contributed by atoms with Crippen molar-refractivity contribution in [1.82, 2.24) is 0 Å². The third kappa shape index (κ3) is 3.46. The molecular weight excluding hydrogens is 254 g/mol. The van der Waals surface area contributed by atoms with E-state index in [2.05, 4.69) is 10.1 Å². The molecule has 0 aliphatic carbocycles. The number of carbonyl (C=O) groups excluding carboxylic acids is 1. The van der Waals surface area contributed by atoms with Gasteiger partial charge in [-0.05, 0) is 31.5 Å². The Morgan fingerprint density at radius 1 is 1.39 bits per heavy atom. The van der Waals surface area contributed by atoms with Gasteiger partial charge < -0.3 is 10.1 Å². The standard InChI is InChI=1S/C12H17NO4S/c1-8-5-6-10(18(4,15)16)7-11(8)13-9(2)12(14)17-3/h5-7,9,13H,1-4H3. The molecule has 1 atom stereocenters. The number of ether oxygens (including phenoxy) is 1. The third-order valence-electron chi connectivity index (χ3n) is 2.56. The highest BCUT2D eigenvalue weighted by Gasteiger charge is 2.15. The van der Waals surface area contributed by atoms with E-state index in [0.29, 0.717) is 5.69 Å². The number of nitrogens with one attached hydrogen (secondary N) is 1. The second-order valence-electron chi connectivity index (χ2n) is 4.14. The number of esters is 1. The number of methoxy groups -OCH3 is 1. The zero-order valence-corrected chi connectivity index (χ0v) is 11.7. The van der Waals surface area contributed by atoms with Gasteiger partial charge in [-0.1, -0.05) is 6.07 Å². The molecule has 1 N–H and O–H groups in total. The van der Waals surface area contributed by atoms with Crippen molar-refractivity contribution in [3.05, 3.63) is 23.8 Å². The number of sulfone groups is 1. The predicted molar refractivity (Wildman–Crippen MR) is 69.4 cm³/mol. The van der Waals surface area contributed by atoms with E-state index < -0.39 is 21.8 Å². The van der Waals surface area contributed by atoms with Gasteiger partial charge in [0.25, 0.3) is 0 Å². The van der Waals surface area contributed by atoms with Crippen molar-refractivity contribution >= 4 is 21.5 Å². The lowest BCUT2D eigenvalue weighted by atomic mass is 10.2. The van der Waals surface area contributed by atoms with Crippen LogP contribution in [-0.2, 0) is 19.4 Å². The molecule has 0 radical (unpaired) electrons. The highest BCUT2D eigenvalue weighted by Crippen LogP contribution is 2.21. The molecule has 1 unspecified atom stereocenters. The van der Waals surface area contributed by atoms with Gasteiger partial charge in [0, 0.05) is 11.9 Å². The Bertz CT molecular complexity index is 551. The molecule has 0 aliphatic heterocycles. The second-order valence-corrected chi connectivity index (χ2v) is 6.15. The van der Waals surface area contributed by atoms with Crippen molar-refractivity contribution in [2.24, 2.45) is 0 Å². The quantitative estimate of drug-likeness (QED) is 0.837. The molecule has 1 aromatic carbocycles. The predicted octanol–water partition coefficient (Wildman–Crippen LogP) is 1.37. The summed E-state index contributed by atoms with van der Waals surface area (Å²) in [5.41, 5.74) is 1.47. The largest absolute Gasteiger partial charge is 0.467 e. The molecule has 0 fully saturated rings. The number of carbonyl (C=O) groups is 1. The molecule has 0 spiro atoms. The Balaban J connectivity index is 3.06. The molecule has 5 nitrogen and oxygen atoms in total. The Morgan fingerprint density at radius 2 is 2.00 bits per heavy atom. The number of rotatable bonds is 4. The van der Waals surface area contributed by atoms with Crippen LogP contribution >= 0.6 is 0 Å². The zero-order valence-electron chi connectivity index (χ0n) is 10.9. The summed E-state index contributed by atoms with van der Waals surface area (Å²) < 4.78 is 27.5. The Hall–Kier alpha value is -1.56. The molecule has 0 amide bonds. The fourth-order valence-corrected chi connectivity index (χ4v) is 2.10. The molecular formula is C12H17NO4S. The van der Waals surface area contributed by atoms with E-state index >= 15 is 0 Å². The summed E-state index contributed by atoms with van der Waals surface area (Å²) in [4.78, 5) is 11.5. The summed E-state index contributed by atoms with van der Waals surface area (Å²) in [7, 11) is -1.95. The number of benzene rings is 1. The summed E-state index contributed by atoms with van der Waals surface area (Å²) in [6.45, 7) is 3.48. The molecule has 0 aliphatic rings. The number of hydrogen-bond donors (Lipinski definition) is 1. The molecule has 0 saturated heterocycles. The van der Waals surface area contributed by atoms with Crippen LogP contribution < -0.4 is 5.32 Å². The molecule has 0 heterocycles. The zero-order chi connectivity index (χ0) is 13.9. The Kier molecular flexibility index (Phi) is 4.34. The lowest BCUT2D eigenvalue weighted by molar-refractivity contribution is -0.141. The van der Waals surface area contributed by atoms with Gasteiger partial charge in [-0.25, -0.2) is 13.2 Å². The Labute approximate surface area is 107 Å². The van der Waals surface area contributed by atoms with Gasteiger partial charge >= 0.3 is 5.97 Å². The monoisotopic (exact) mass is 271 g/mol. The van der Waals surface area contributed by atoms with Crippen LogP contribution in [0, 0.1) is 6.92 Å². The highest BCUT2D eigenvalue weighted by molar-refractivity contribution is 7.90. The first-order valence-corrected chi connectivity index (χ1v) is 7.30. The maximum absolute atomic E-state index is 11.5. The molecule has 0 saturated carbocycles. The van der Waals surface area contributed by atoms with Crippen LogP contribution in [0.3, 0.4) is 0 Å². The van der Waals surface area contributed by atoms with Gasteiger partial charge in [0.05, 0.1) is 12.0 Å². The van der Waals surface area contributed by atoms with Crippen molar-refractivity contribution in [3.63, 3.8) is 0 Å². The SMILES string of the molecule is COC(=O)C(C)Nc1cc(S(C)(=O)=O)ccc1C. The van der Waals surface area contributed by atoms with Gasteiger partial charge in [-0.15, -0.1) is 0 Å². The maximum Gasteiger partial charge on any atom is 0.327 e. The maximum atomic E-state index is 11.5. The first kappa shape index (κ1) is 14.5. The average molecular weight is 271 g/mol. The van der Waals surface area contributed by atoms with Crippen molar-refractivity contribution in [2.45, 2.75) is 24.8 Å². The van der Waals surface area contributed by atoms with Crippen LogP contribution in [0.15, 0.2) is 23.1 Å². The fraction of sp³-hybridized carbons (Fsp3) is 0.417. The van der Waals surface area contributed by atoms with Crippen LogP contribution in [0.5, 0.6) is 0 Å². The molecule has 6 heteroatoms. The first-order chi connectivity index (χ1) is 8.25. The summed E-state index contributed by atoms with van der Waals surface area (Å²) in [5.74, 6) is -0.404. The summed E-state index contributed by atoms with van der Waals surface area (Å²) >= 11 is 0. The highest BCUT2D eigenvalue weighted by atomic mass is 32.2. The Morgan fingerprint density at radius 3 is 2.50 bits per heavy atom.